The van der Waals surface area contributed by atoms with Crippen molar-refractivity contribution in [3.8, 4) is 39.8 Å². The number of aromatic nitrogens is 4. The molecule has 10 rings (SSSR count). The van der Waals surface area contributed by atoms with Crippen molar-refractivity contribution in [2.24, 2.45) is 0 Å². The van der Waals surface area contributed by atoms with Crippen LogP contribution in [-0.2, 0) is 42.7 Å². The second kappa shape index (κ2) is 18.5. The third-order valence-electron chi connectivity index (χ3n) is 13.9. The predicted molar refractivity (Wildman–Crippen MR) is 282 cm³/mol. The van der Waals surface area contributed by atoms with E-state index in [9.17, 15) is 0 Å². The van der Waals surface area contributed by atoms with Crippen LogP contribution in [0, 0.1) is 18.5 Å². The molecule has 0 bridgehead atoms. The number of imidazole rings is 1. The largest absolute Gasteiger partial charge is 0.510 e. The van der Waals surface area contributed by atoms with Gasteiger partial charge in [-0.25, -0.2) is 4.98 Å². The first-order valence-electron chi connectivity index (χ1n) is 24.0. The predicted octanol–water partition coefficient (Wildman–Crippen LogP) is 15.4. The van der Waals surface area contributed by atoms with Crippen LogP contribution in [0.4, 0.5) is 0 Å². The van der Waals surface area contributed by atoms with Gasteiger partial charge in [-0.2, -0.15) is 18.2 Å². The third kappa shape index (κ3) is 9.20. The van der Waals surface area contributed by atoms with E-state index in [-0.39, 0.29) is 37.3 Å². The normalized spacial score (nSPS) is 12.3. The van der Waals surface area contributed by atoms with Crippen molar-refractivity contribution in [1.82, 2.24) is 14.1 Å². The SMILES string of the molecule is CC(C)(C)c1cc(-[n+]2[c-]n(-c3[c-]c(Oc4[c-]c5c(cc4)c4cc(-c6ccccc6)ccc4n5-c4cc(C(C)(C)C)ccn4)ccc3)c(C(C)(C)c3ccccc3)c2)cc(C(C)(C)c2ccccc2)c1.[Pt]. The smallest absolute Gasteiger partial charge is 0.267 e. The minimum absolute atomic E-state index is 0. The van der Waals surface area contributed by atoms with Crippen LogP contribution in [0.3, 0.4) is 0 Å². The van der Waals surface area contributed by atoms with E-state index in [0.29, 0.717) is 11.5 Å². The summed E-state index contributed by atoms with van der Waals surface area (Å²) in [7, 11) is 0. The number of pyridine rings is 1. The first kappa shape index (κ1) is 48.2. The zero-order chi connectivity index (χ0) is 48.3. The fourth-order valence-corrected chi connectivity index (χ4v) is 9.48. The van der Waals surface area contributed by atoms with Crippen LogP contribution in [0.1, 0.15) is 103 Å². The van der Waals surface area contributed by atoms with Gasteiger partial charge >= 0.3 is 0 Å². The molecule has 10 aromatic rings. The Morgan fingerprint density at radius 2 is 1.13 bits per heavy atom. The molecule has 0 spiro atoms. The summed E-state index contributed by atoms with van der Waals surface area (Å²) >= 11 is 0. The third-order valence-corrected chi connectivity index (χ3v) is 13.9. The van der Waals surface area contributed by atoms with Gasteiger partial charge in [-0.1, -0.05) is 184 Å². The standard InChI is InChI=1S/C64H60N4O.Pt/c1-61(2,3)48-33-34-65-60(39-48)68-57-32-29-45(44-21-14-11-15-22-44)35-56(57)55-31-30-54(41-58(55)68)69-53-28-20-27-51(40-53)67-43-66(42-59(67)64(9,10)47-25-18-13-19-26-47)52-37-49(62(4,5)6)36-50(38-52)63(7,8)46-23-16-12-17-24-46;/h11-39,42H,1-10H3;/q-2;. The van der Waals surface area contributed by atoms with Crippen molar-refractivity contribution in [2.75, 3.05) is 0 Å². The van der Waals surface area contributed by atoms with Crippen molar-refractivity contribution in [1.29, 1.82) is 0 Å². The summed E-state index contributed by atoms with van der Waals surface area (Å²) in [6.45, 7) is 22.7. The average molecular weight is 1100 g/mol. The number of benzene rings is 7. The van der Waals surface area contributed by atoms with Crippen molar-refractivity contribution in [2.45, 2.75) is 90.9 Å². The average Bonchev–Trinajstić information content (AvgIpc) is 3.95. The number of hydrogen-bond donors (Lipinski definition) is 0. The second-order valence-corrected chi connectivity index (χ2v) is 21.5. The van der Waals surface area contributed by atoms with Gasteiger partial charge in [0.1, 0.15) is 5.82 Å². The summed E-state index contributed by atoms with van der Waals surface area (Å²) < 4.78 is 13.3. The van der Waals surface area contributed by atoms with Crippen molar-refractivity contribution in [3.63, 3.8) is 0 Å². The molecule has 0 amide bonds. The molecular weight excluding hydrogens is 1040 g/mol. The van der Waals surface area contributed by atoms with E-state index in [2.05, 4.69) is 259 Å². The molecule has 70 heavy (non-hydrogen) atoms. The van der Waals surface area contributed by atoms with E-state index in [1.807, 2.05) is 24.4 Å². The van der Waals surface area contributed by atoms with Gasteiger partial charge in [0.15, 0.2) is 0 Å². The molecule has 5 nitrogen and oxygen atoms in total. The zero-order valence-corrected chi connectivity index (χ0v) is 44.1. The van der Waals surface area contributed by atoms with Crippen LogP contribution in [0.25, 0.3) is 50.1 Å². The fraction of sp³-hybridized carbons (Fsp3) is 0.219. The van der Waals surface area contributed by atoms with E-state index in [0.717, 1.165) is 50.3 Å². The molecule has 0 atom stereocenters. The molecule has 0 radical (unpaired) electrons. The van der Waals surface area contributed by atoms with E-state index < -0.39 is 5.41 Å². The Labute approximate surface area is 428 Å². The molecule has 0 fully saturated rings. The molecule has 3 heterocycles. The summed E-state index contributed by atoms with van der Waals surface area (Å²) in [6, 6.07) is 67.6. The van der Waals surface area contributed by atoms with Crippen LogP contribution in [0.2, 0.25) is 0 Å². The Kier molecular flexibility index (Phi) is 12.7. The van der Waals surface area contributed by atoms with Gasteiger partial charge in [0.2, 0.25) is 0 Å². The number of hydrogen-bond acceptors (Lipinski definition) is 2. The maximum absolute atomic E-state index is 6.78. The molecule has 354 valence electrons. The molecule has 0 aliphatic heterocycles. The van der Waals surface area contributed by atoms with Gasteiger partial charge in [0, 0.05) is 61.3 Å². The Hall–Kier alpha value is -6.81. The Bertz CT molecular complexity index is 3480. The summed E-state index contributed by atoms with van der Waals surface area (Å²) in [4.78, 5) is 4.94. The van der Waals surface area contributed by atoms with E-state index in [4.69, 9.17) is 9.72 Å². The van der Waals surface area contributed by atoms with Crippen LogP contribution >= 0.6 is 0 Å². The molecule has 0 aliphatic rings. The maximum Gasteiger partial charge on any atom is 0.267 e. The monoisotopic (exact) mass is 1100 g/mol. The molecule has 0 saturated heterocycles. The summed E-state index contributed by atoms with van der Waals surface area (Å²) in [5, 5.41) is 2.19. The molecule has 0 saturated carbocycles. The minimum atomic E-state index is -0.410. The maximum atomic E-state index is 6.78. The number of nitrogens with zero attached hydrogens (tertiary/aromatic N) is 4. The minimum Gasteiger partial charge on any atom is -0.510 e. The summed E-state index contributed by atoms with van der Waals surface area (Å²) in [5.74, 6) is 1.99. The summed E-state index contributed by atoms with van der Waals surface area (Å²) in [6.07, 6.45) is 7.95. The van der Waals surface area contributed by atoms with Crippen LogP contribution in [-0.4, -0.2) is 14.1 Å². The first-order valence-corrected chi connectivity index (χ1v) is 24.0. The Morgan fingerprint density at radius 1 is 0.500 bits per heavy atom. The van der Waals surface area contributed by atoms with Crippen LogP contribution in [0.5, 0.6) is 11.5 Å². The fourth-order valence-electron chi connectivity index (χ4n) is 9.48. The molecule has 7 aromatic carbocycles. The zero-order valence-electron chi connectivity index (χ0n) is 41.8. The van der Waals surface area contributed by atoms with E-state index >= 15 is 0 Å². The van der Waals surface area contributed by atoms with E-state index in [1.165, 1.54) is 33.4 Å². The van der Waals surface area contributed by atoms with Gasteiger partial charge in [-0.15, -0.1) is 29.7 Å². The number of rotatable bonds is 10. The molecule has 0 N–H and O–H groups in total. The molecular formula is C64H60N4OPt-2. The topological polar surface area (TPSA) is 35.9 Å². The van der Waals surface area contributed by atoms with Gasteiger partial charge in [-0.05, 0) is 91.2 Å². The van der Waals surface area contributed by atoms with Gasteiger partial charge in [0.05, 0.1) is 11.4 Å². The van der Waals surface area contributed by atoms with E-state index in [1.54, 1.807) is 0 Å². The van der Waals surface area contributed by atoms with Crippen LogP contribution < -0.4 is 9.30 Å². The molecule has 3 aromatic heterocycles. The van der Waals surface area contributed by atoms with Crippen molar-refractivity contribution < 1.29 is 30.4 Å². The Balaban J connectivity index is 0.00000608. The Morgan fingerprint density at radius 3 is 1.80 bits per heavy atom. The first-order chi connectivity index (χ1) is 32.9. The molecule has 6 heteroatoms. The summed E-state index contributed by atoms with van der Waals surface area (Å²) in [5.41, 5.74) is 12.6. The van der Waals surface area contributed by atoms with Gasteiger partial charge in [0.25, 0.3) is 6.33 Å². The van der Waals surface area contributed by atoms with Crippen LogP contribution in [0.15, 0.2) is 182 Å². The number of fused-ring (bicyclic) bond motifs is 3. The van der Waals surface area contributed by atoms with Crippen molar-refractivity contribution >= 4 is 21.8 Å². The molecule has 0 unspecified atom stereocenters. The van der Waals surface area contributed by atoms with Crippen molar-refractivity contribution in [3.05, 3.63) is 234 Å². The quantitative estimate of drug-likeness (QED) is 0.101. The van der Waals surface area contributed by atoms with Gasteiger partial charge in [-0.3, -0.25) is 4.57 Å². The number of ether oxygens (including phenoxy) is 1. The molecule has 0 aliphatic carbocycles. The second-order valence-electron chi connectivity index (χ2n) is 21.5. The van der Waals surface area contributed by atoms with Gasteiger partial charge < -0.3 is 13.9 Å².